The molecule has 0 amide bonds. The first-order chi connectivity index (χ1) is 7.83. The number of rotatable bonds is 3. The minimum absolute atomic E-state index is 0.0496. The predicted molar refractivity (Wildman–Crippen MR) is 66.0 cm³/mol. The van der Waals surface area contributed by atoms with Crippen LogP contribution in [0.5, 0.6) is 0 Å². The standard InChI is InChI=1S/C12H11BrN2O/c13-7-9-3-1-5-11(14-9)12-6-2-4-10(8-16)15-12/h1-6,16H,7-8H2. The summed E-state index contributed by atoms with van der Waals surface area (Å²) in [5, 5.41) is 9.74. The fraction of sp³-hybridized carbons (Fsp3) is 0.167. The third-order valence-corrected chi connectivity index (χ3v) is 2.75. The van der Waals surface area contributed by atoms with Crippen molar-refractivity contribution in [1.82, 2.24) is 9.97 Å². The zero-order chi connectivity index (χ0) is 11.4. The second kappa shape index (κ2) is 5.18. The number of hydrogen-bond acceptors (Lipinski definition) is 3. The van der Waals surface area contributed by atoms with E-state index in [0.29, 0.717) is 5.69 Å². The number of aliphatic hydroxyl groups excluding tert-OH is 1. The topological polar surface area (TPSA) is 46.0 Å². The van der Waals surface area contributed by atoms with Crippen LogP contribution in [0.2, 0.25) is 0 Å². The maximum Gasteiger partial charge on any atom is 0.0890 e. The molecule has 0 saturated heterocycles. The summed E-state index contributed by atoms with van der Waals surface area (Å²) in [5.41, 5.74) is 3.24. The van der Waals surface area contributed by atoms with Gasteiger partial charge in [0.25, 0.3) is 0 Å². The van der Waals surface area contributed by atoms with Crippen LogP contribution >= 0.6 is 15.9 Å². The summed E-state index contributed by atoms with van der Waals surface area (Å²) in [7, 11) is 0. The van der Waals surface area contributed by atoms with E-state index in [1.54, 1.807) is 6.07 Å². The first-order valence-corrected chi connectivity index (χ1v) is 6.04. The van der Waals surface area contributed by atoms with Gasteiger partial charge < -0.3 is 5.11 Å². The highest BCUT2D eigenvalue weighted by Crippen LogP contribution is 2.16. The highest BCUT2D eigenvalue weighted by Gasteiger charge is 2.02. The van der Waals surface area contributed by atoms with Gasteiger partial charge in [0.05, 0.1) is 29.4 Å². The van der Waals surface area contributed by atoms with Gasteiger partial charge in [0.15, 0.2) is 0 Å². The minimum atomic E-state index is -0.0496. The van der Waals surface area contributed by atoms with Crippen LogP contribution in [0.15, 0.2) is 36.4 Å². The van der Waals surface area contributed by atoms with Crippen molar-refractivity contribution in [3.8, 4) is 11.4 Å². The summed E-state index contributed by atoms with van der Waals surface area (Å²) in [4.78, 5) is 8.75. The van der Waals surface area contributed by atoms with Gasteiger partial charge in [-0.2, -0.15) is 0 Å². The molecule has 0 unspecified atom stereocenters. The monoisotopic (exact) mass is 278 g/mol. The third-order valence-electron chi connectivity index (χ3n) is 2.17. The summed E-state index contributed by atoms with van der Waals surface area (Å²) in [6, 6.07) is 11.4. The number of aliphatic hydroxyl groups is 1. The van der Waals surface area contributed by atoms with Crippen LogP contribution in [0.25, 0.3) is 11.4 Å². The summed E-state index contributed by atoms with van der Waals surface area (Å²) in [5.74, 6) is 0. The van der Waals surface area contributed by atoms with Gasteiger partial charge in [-0.15, -0.1) is 0 Å². The van der Waals surface area contributed by atoms with Gasteiger partial charge in [-0.05, 0) is 24.3 Å². The van der Waals surface area contributed by atoms with E-state index < -0.39 is 0 Å². The fourth-order valence-electron chi connectivity index (χ4n) is 1.41. The maximum atomic E-state index is 9.02. The lowest BCUT2D eigenvalue weighted by Crippen LogP contribution is -1.94. The number of alkyl halides is 1. The van der Waals surface area contributed by atoms with Gasteiger partial charge in [-0.25, -0.2) is 4.98 Å². The van der Waals surface area contributed by atoms with Crippen LogP contribution in [-0.4, -0.2) is 15.1 Å². The van der Waals surface area contributed by atoms with Crippen molar-refractivity contribution in [1.29, 1.82) is 0 Å². The van der Waals surface area contributed by atoms with Gasteiger partial charge in [0, 0.05) is 5.33 Å². The number of halogens is 1. The second-order valence-corrected chi connectivity index (χ2v) is 3.88. The van der Waals surface area contributed by atoms with Gasteiger partial charge in [-0.1, -0.05) is 28.1 Å². The van der Waals surface area contributed by atoms with Crippen LogP contribution in [0.3, 0.4) is 0 Å². The second-order valence-electron chi connectivity index (χ2n) is 3.32. The molecule has 0 aliphatic carbocycles. The Labute approximate surface area is 102 Å². The quantitative estimate of drug-likeness (QED) is 0.878. The van der Waals surface area contributed by atoms with Crippen molar-refractivity contribution in [3.05, 3.63) is 47.8 Å². The molecule has 2 aromatic rings. The van der Waals surface area contributed by atoms with Gasteiger partial charge in [0.1, 0.15) is 0 Å². The highest BCUT2D eigenvalue weighted by atomic mass is 79.9. The van der Waals surface area contributed by atoms with Crippen LogP contribution in [0.4, 0.5) is 0 Å². The van der Waals surface area contributed by atoms with Crippen molar-refractivity contribution < 1.29 is 5.11 Å². The summed E-state index contributed by atoms with van der Waals surface area (Å²) in [6.07, 6.45) is 0. The minimum Gasteiger partial charge on any atom is -0.390 e. The Kier molecular flexibility index (Phi) is 3.64. The van der Waals surface area contributed by atoms with E-state index in [1.165, 1.54) is 0 Å². The number of hydrogen-bond donors (Lipinski definition) is 1. The Hall–Kier alpha value is -1.26. The van der Waals surface area contributed by atoms with Crippen molar-refractivity contribution in [2.45, 2.75) is 11.9 Å². The summed E-state index contributed by atoms with van der Waals surface area (Å²) >= 11 is 3.37. The molecular formula is C12H11BrN2O. The largest absolute Gasteiger partial charge is 0.390 e. The molecule has 2 aromatic heterocycles. The molecule has 0 aliphatic heterocycles. The molecule has 2 rings (SSSR count). The van der Waals surface area contributed by atoms with Crippen LogP contribution in [0, 0.1) is 0 Å². The highest BCUT2D eigenvalue weighted by molar-refractivity contribution is 9.08. The molecule has 0 aromatic carbocycles. The van der Waals surface area contributed by atoms with Crippen LogP contribution in [0.1, 0.15) is 11.4 Å². The zero-order valence-electron chi connectivity index (χ0n) is 8.60. The molecule has 16 heavy (non-hydrogen) atoms. The first-order valence-electron chi connectivity index (χ1n) is 4.92. The van der Waals surface area contributed by atoms with Gasteiger partial charge in [0.2, 0.25) is 0 Å². The molecular weight excluding hydrogens is 268 g/mol. The van der Waals surface area contributed by atoms with E-state index in [4.69, 9.17) is 5.11 Å². The van der Waals surface area contributed by atoms with E-state index in [-0.39, 0.29) is 6.61 Å². The normalized spacial score (nSPS) is 10.4. The Balaban J connectivity index is 2.41. The van der Waals surface area contributed by atoms with Crippen molar-refractivity contribution in [3.63, 3.8) is 0 Å². The first kappa shape index (κ1) is 11.2. The maximum absolute atomic E-state index is 9.02. The molecule has 4 heteroatoms. The molecule has 0 spiro atoms. The van der Waals surface area contributed by atoms with Crippen LogP contribution in [-0.2, 0) is 11.9 Å². The average molecular weight is 279 g/mol. The number of pyridine rings is 2. The molecule has 2 heterocycles. The average Bonchev–Trinajstić information content (AvgIpc) is 2.39. The van der Waals surface area contributed by atoms with E-state index >= 15 is 0 Å². The number of nitrogens with zero attached hydrogens (tertiary/aromatic N) is 2. The molecule has 0 radical (unpaired) electrons. The molecule has 0 fully saturated rings. The molecule has 0 bridgehead atoms. The molecule has 0 aliphatic rings. The third kappa shape index (κ3) is 2.46. The Morgan fingerprint density at radius 3 is 2.06 bits per heavy atom. The van der Waals surface area contributed by atoms with E-state index in [1.807, 2.05) is 30.3 Å². The smallest absolute Gasteiger partial charge is 0.0890 e. The van der Waals surface area contributed by atoms with Gasteiger partial charge >= 0.3 is 0 Å². The molecule has 1 N–H and O–H groups in total. The Morgan fingerprint density at radius 2 is 1.50 bits per heavy atom. The lowest BCUT2D eigenvalue weighted by molar-refractivity contribution is 0.277. The van der Waals surface area contributed by atoms with Crippen molar-refractivity contribution >= 4 is 15.9 Å². The lowest BCUT2D eigenvalue weighted by atomic mass is 10.2. The fourth-order valence-corrected chi connectivity index (χ4v) is 1.72. The summed E-state index contributed by atoms with van der Waals surface area (Å²) in [6.45, 7) is -0.0496. The lowest BCUT2D eigenvalue weighted by Gasteiger charge is -2.03. The zero-order valence-corrected chi connectivity index (χ0v) is 10.2. The van der Waals surface area contributed by atoms with E-state index in [2.05, 4.69) is 25.9 Å². The molecule has 0 saturated carbocycles. The number of aromatic nitrogens is 2. The summed E-state index contributed by atoms with van der Waals surface area (Å²) < 4.78 is 0. The predicted octanol–water partition coefficient (Wildman–Crippen LogP) is 2.53. The Morgan fingerprint density at radius 1 is 0.938 bits per heavy atom. The van der Waals surface area contributed by atoms with E-state index in [0.717, 1.165) is 22.4 Å². The van der Waals surface area contributed by atoms with Crippen LogP contribution < -0.4 is 0 Å². The van der Waals surface area contributed by atoms with E-state index in [9.17, 15) is 0 Å². The van der Waals surface area contributed by atoms with Crippen molar-refractivity contribution in [2.75, 3.05) is 0 Å². The molecule has 82 valence electrons. The molecule has 3 nitrogen and oxygen atoms in total. The SMILES string of the molecule is OCc1cccc(-c2cccc(CBr)n2)n1. The van der Waals surface area contributed by atoms with Gasteiger partial charge in [-0.3, -0.25) is 4.98 Å². The molecule has 0 atom stereocenters. The Bertz CT molecular complexity index is 442. The van der Waals surface area contributed by atoms with Crippen molar-refractivity contribution in [2.24, 2.45) is 0 Å².